The SMILES string of the molecule is CCNc1ncc(F)c(NC2CCN(C)CC2C)n1. The molecular weight excluding hydrogens is 245 g/mol. The largest absolute Gasteiger partial charge is 0.364 e. The predicted octanol–water partition coefficient (Wildman–Crippen LogP) is 1.80. The molecule has 0 saturated carbocycles. The number of hydrogen-bond acceptors (Lipinski definition) is 5. The van der Waals surface area contributed by atoms with Crippen LogP contribution in [0.5, 0.6) is 0 Å². The van der Waals surface area contributed by atoms with Gasteiger partial charge in [0.25, 0.3) is 0 Å². The van der Waals surface area contributed by atoms with Crippen molar-refractivity contribution in [1.82, 2.24) is 14.9 Å². The summed E-state index contributed by atoms with van der Waals surface area (Å²) in [6, 6.07) is 0.259. The second-order valence-corrected chi connectivity index (χ2v) is 5.20. The van der Waals surface area contributed by atoms with E-state index in [0.717, 1.165) is 26.1 Å². The minimum Gasteiger partial charge on any atom is -0.364 e. The maximum absolute atomic E-state index is 13.7. The molecule has 0 aromatic carbocycles. The fraction of sp³-hybridized carbons (Fsp3) is 0.692. The topological polar surface area (TPSA) is 53.1 Å². The highest BCUT2D eigenvalue weighted by molar-refractivity contribution is 5.42. The third-order valence-corrected chi connectivity index (χ3v) is 3.51. The molecule has 5 nitrogen and oxygen atoms in total. The van der Waals surface area contributed by atoms with Crippen molar-refractivity contribution in [3.63, 3.8) is 0 Å². The van der Waals surface area contributed by atoms with Crippen LogP contribution in [0.2, 0.25) is 0 Å². The monoisotopic (exact) mass is 267 g/mol. The molecule has 0 spiro atoms. The molecule has 0 amide bonds. The Labute approximate surface area is 113 Å². The van der Waals surface area contributed by atoms with Crippen LogP contribution in [0, 0.1) is 11.7 Å². The molecule has 1 aromatic heterocycles. The van der Waals surface area contributed by atoms with Gasteiger partial charge in [-0.15, -0.1) is 0 Å². The molecule has 1 saturated heterocycles. The van der Waals surface area contributed by atoms with E-state index in [-0.39, 0.29) is 6.04 Å². The normalized spacial score (nSPS) is 24.2. The summed E-state index contributed by atoms with van der Waals surface area (Å²) >= 11 is 0. The maximum atomic E-state index is 13.7. The van der Waals surface area contributed by atoms with Crippen molar-refractivity contribution < 1.29 is 4.39 Å². The Morgan fingerprint density at radius 3 is 3.00 bits per heavy atom. The fourth-order valence-corrected chi connectivity index (χ4v) is 2.46. The lowest BCUT2D eigenvalue weighted by atomic mass is 9.94. The number of nitrogens with zero attached hydrogens (tertiary/aromatic N) is 3. The lowest BCUT2D eigenvalue weighted by Crippen LogP contribution is -2.43. The molecule has 106 valence electrons. The van der Waals surface area contributed by atoms with E-state index in [0.29, 0.717) is 17.7 Å². The molecule has 0 aliphatic carbocycles. The molecule has 2 heterocycles. The first-order valence-electron chi connectivity index (χ1n) is 6.81. The standard InChI is InChI=1S/C13H22FN5/c1-4-15-13-16-7-10(14)12(18-13)17-11-5-6-19(3)8-9(11)2/h7,9,11H,4-6,8H2,1-3H3,(H2,15,16,17,18). The van der Waals surface area contributed by atoms with E-state index in [1.54, 1.807) is 0 Å². The molecule has 19 heavy (non-hydrogen) atoms. The van der Waals surface area contributed by atoms with E-state index < -0.39 is 5.82 Å². The smallest absolute Gasteiger partial charge is 0.224 e. The molecular formula is C13H22FN5. The van der Waals surface area contributed by atoms with Crippen LogP contribution in [0.25, 0.3) is 0 Å². The summed E-state index contributed by atoms with van der Waals surface area (Å²) in [5, 5.41) is 6.22. The minimum atomic E-state index is -0.396. The molecule has 0 bridgehead atoms. The van der Waals surface area contributed by atoms with Crippen molar-refractivity contribution in [2.75, 3.05) is 37.3 Å². The predicted molar refractivity (Wildman–Crippen MR) is 74.8 cm³/mol. The second kappa shape index (κ2) is 6.14. The van der Waals surface area contributed by atoms with Gasteiger partial charge in [0.1, 0.15) is 0 Å². The molecule has 2 N–H and O–H groups in total. The molecule has 1 fully saturated rings. The number of piperidine rings is 1. The third-order valence-electron chi connectivity index (χ3n) is 3.51. The molecule has 2 atom stereocenters. The third kappa shape index (κ3) is 3.53. The zero-order valence-corrected chi connectivity index (χ0v) is 11.8. The number of likely N-dealkylation sites (tertiary alicyclic amines) is 1. The van der Waals surface area contributed by atoms with E-state index in [2.05, 4.69) is 39.5 Å². The zero-order chi connectivity index (χ0) is 13.8. The Morgan fingerprint density at radius 2 is 2.32 bits per heavy atom. The van der Waals surface area contributed by atoms with Crippen molar-refractivity contribution in [1.29, 1.82) is 0 Å². The first-order valence-corrected chi connectivity index (χ1v) is 6.81. The van der Waals surface area contributed by atoms with Gasteiger partial charge in [-0.1, -0.05) is 6.92 Å². The summed E-state index contributed by atoms with van der Waals surface area (Å²) in [4.78, 5) is 10.4. The molecule has 1 aliphatic rings. The van der Waals surface area contributed by atoms with E-state index in [4.69, 9.17) is 0 Å². The first kappa shape index (κ1) is 14.0. The Kier molecular flexibility index (Phi) is 4.52. The quantitative estimate of drug-likeness (QED) is 0.871. The van der Waals surface area contributed by atoms with Gasteiger partial charge in [-0.2, -0.15) is 4.98 Å². The van der Waals surface area contributed by atoms with Crippen LogP contribution in [0.4, 0.5) is 16.2 Å². The van der Waals surface area contributed by atoms with Gasteiger partial charge in [0.05, 0.1) is 6.20 Å². The number of hydrogen-bond donors (Lipinski definition) is 2. The van der Waals surface area contributed by atoms with Gasteiger partial charge in [0.15, 0.2) is 11.6 Å². The van der Waals surface area contributed by atoms with Crippen molar-refractivity contribution in [2.24, 2.45) is 5.92 Å². The number of aromatic nitrogens is 2. The summed E-state index contributed by atoms with van der Waals surface area (Å²) < 4.78 is 13.7. The minimum absolute atomic E-state index is 0.259. The van der Waals surface area contributed by atoms with Crippen LogP contribution in [0.3, 0.4) is 0 Å². The van der Waals surface area contributed by atoms with Crippen LogP contribution in [0.1, 0.15) is 20.3 Å². The van der Waals surface area contributed by atoms with Crippen LogP contribution in [-0.4, -0.2) is 47.6 Å². The number of halogens is 1. The van der Waals surface area contributed by atoms with Crippen molar-refractivity contribution in [3.05, 3.63) is 12.0 Å². The van der Waals surface area contributed by atoms with Gasteiger partial charge in [-0.05, 0) is 32.9 Å². The number of anilines is 2. The molecule has 2 unspecified atom stereocenters. The molecule has 2 rings (SSSR count). The van der Waals surface area contributed by atoms with E-state index >= 15 is 0 Å². The molecule has 6 heteroatoms. The van der Waals surface area contributed by atoms with Gasteiger partial charge >= 0.3 is 0 Å². The van der Waals surface area contributed by atoms with Crippen molar-refractivity contribution >= 4 is 11.8 Å². The highest BCUT2D eigenvalue weighted by Gasteiger charge is 2.25. The highest BCUT2D eigenvalue weighted by Crippen LogP contribution is 2.21. The Hall–Kier alpha value is -1.43. The Morgan fingerprint density at radius 1 is 1.53 bits per heavy atom. The Bertz CT molecular complexity index is 425. The zero-order valence-electron chi connectivity index (χ0n) is 11.8. The molecule has 1 aliphatic heterocycles. The van der Waals surface area contributed by atoms with E-state index in [9.17, 15) is 4.39 Å². The lowest BCUT2D eigenvalue weighted by molar-refractivity contribution is 0.205. The maximum Gasteiger partial charge on any atom is 0.224 e. The summed E-state index contributed by atoms with van der Waals surface area (Å²) in [6.45, 7) is 6.89. The summed E-state index contributed by atoms with van der Waals surface area (Å²) in [5.74, 6) is 0.836. The number of nitrogens with one attached hydrogen (secondary N) is 2. The Balaban J connectivity index is 2.07. The van der Waals surface area contributed by atoms with Gasteiger partial charge < -0.3 is 15.5 Å². The highest BCUT2D eigenvalue weighted by atomic mass is 19.1. The van der Waals surface area contributed by atoms with E-state index in [1.807, 2.05) is 6.92 Å². The molecule has 1 aromatic rings. The van der Waals surface area contributed by atoms with Gasteiger partial charge in [0.2, 0.25) is 5.95 Å². The lowest BCUT2D eigenvalue weighted by Gasteiger charge is -2.35. The van der Waals surface area contributed by atoms with Crippen LogP contribution in [-0.2, 0) is 0 Å². The van der Waals surface area contributed by atoms with Crippen molar-refractivity contribution in [3.8, 4) is 0 Å². The van der Waals surface area contributed by atoms with Crippen LogP contribution >= 0.6 is 0 Å². The van der Waals surface area contributed by atoms with E-state index in [1.165, 1.54) is 6.20 Å². The first-order chi connectivity index (χ1) is 9.10. The molecule has 0 radical (unpaired) electrons. The summed E-state index contributed by atoms with van der Waals surface area (Å²) in [5.41, 5.74) is 0. The summed E-state index contributed by atoms with van der Waals surface area (Å²) in [6.07, 6.45) is 2.21. The van der Waals surface area contributed by atoms with Gasteiger partial charge in [-0.25, -0.2) is 9.37 Å². The van der Waals surface area contributed by atoms with Crippen molar-refractivity contribution in [2.45, 2.75) is 26.3 Å². The van der Waals surface area contributed by atoms with Gasteiger partial charge in [-0.3, -0.25) is 0 Å². The van der Waals surface area contributed by atoms with Crippen LogP contribution < -0.4 is 10.6 Å². The fourth-order valence-electron chi connectivity index (χ4n) is 2.46. The average Bonchev–Trinajstić information content (AvgIpc) is 2.37. The average molecular weight is 267 g/mol. The van der Waals surface area contributed by atoms with Gasteiger partial charge in [0, 0.05) is 19.1 Å². The summed E-state index contributed by atoms with van der Waals surface area (Å²) in [7, 11) is 2.11. The van der Waals surface area contributed by atoms with Crippen LogP contribution in [0.15, 0.2) is 6.20 Å². The number of rotatable bonds is 4. The second-order valence-electron chi connectivity index (χ2n) is 5.20.